The molecule has 1 saturated carbocycles. The smallest absolute Gasteiger partial charge is 0.249 e. The van der Waals surface area contributed by atoms with Crippen LogP contribution in [0.1, 0.15) is 49.1 Å². The summed E-state index contributed by atoms with van der Waals surface area (Å²) in [6.07, 6.45) is 5.74. The highest BCUT2D eigenvalue weighted by atomic mass is 32.2. The third kappa shape index (κ3) is 6.19. The molecule has 9 nitrogen and oxygen atoms in total. The molecule has 232 valence electrons. The highest BCUT2D eigenvalue weighted by molar-refractivity contribution is 7.89. The lowest BCUT2D eigenvalue weighted by Gasteiger charge is -2.27. The third-order valence-corrected chi connectivity index (χ3v) is 9.52. The SMILES string of the molecule is CN(CC(=O)N(Cc1ccc(C2CCCCC2)cc1)c1ccc(-c2nnn[nH]2)cc1)S(=O)(=O)c1c(F)c(F)c(F)c(F)c1F. The Morgan fingerprint density at radius 1 is 0.864 bits per heavy atom. The van der Waals surface area contributed by atoms with E-state index in [0.29, 0.717) is 28.6 Å². The van der Waals surface area contributed by atoms with Gasteiger partial charge in [-0.2, -0.15) is 4.31 Å². The summed E-state index contributed by atoms with van der Waals surface area (Å²) < 4.78 is 96.2. The van der Waals surface area contributed by atoms with Gasteiger partial charge in [-0.05, 0) is 64.6 Å². The number of H-pyrrole nitrogens is 1. The van der Waals surface area contributed by atoms with E-state index in [-0.39, 0.29) is 10.8 Å². The molecule has 0 radical (unpaired) electrons. The summed E-state index contributed by atoms with van der Waals surface area (Å²) in [5.41, 5.74) is 2.83. The van der Waals surface area contributed by atoms with Crippen LogP contribution in [0.15, 0.2) is 53.4 Å². The molecule has 15 heteroatoms. The van der Waals surface area contributed by atoms with Crippen LogP contribution in [-0.4, -0.2) is 52.8 Å². The Labute approximate surface area is 249 Å². The maximum Gasteiger partial charge on any atom is 0.249 e. The molecule has 0 atom stereocenters. The minimum Gasteiger partial charge on any atom is -0.307 e. The largest absolute Gasteiger partial charge is 0.307 e. The van der Waals surface area contributed by atoms with Crippen LogP contribution in [-0.2, 0) is 21.4 Å². The van der Waals surface area contributed by atoms with Gasteiger partial charge >= 0.3 is 0 Å². The maximum absolute atomic E-state index is 14.4. The number of aromatic amines is 1. The number of tetrazole rings is 1. The minimum absolute atomic E-state index is 0.0105. The van der Waals surface area contributed by atoms with E-state index in [0.717, 1.165) is 32.7 Å². The summed E-state index contributed by atoms with van der Waals surface area (Å²) in [6, 6.07) is 14.1. The molecule has 1 amide bonds. The average Bonchev–Trinajstić information content (AvgIpc) is 3.58. The van der Waals surface area contributed by atoms with E-state index in [2.05, 4.69) is 20.6 Å². The quantitative estimate of drug-likeness (QED) is 0.149. The molecule has 1 N–H and O–H groups in total. The van der Waals surface area contributed by atoms with Gasteiger partial charge in [-0.3, -0.25) is 4.79 Å². The summed E-state index contributed by atoms with van der Waals surface area (Å²) in [5, 5.41) is 13.5. The molecule has 1 fully saturated rings. The molecule has 1 aromatic heterocycles. The first-order valence-corrected chi connectivity index (χ1v) is 15.1. The molecule has 0 saturated heterocycles. The van der Waals surface area contributed by atoms with E-state index in [4.69, 9.17) is 0 Å². The van der Waals surface area contributed by atoms with Gasteiger partial charge < -0.3 is 4.90 Å². The summed E-state index contributed by atoms with van der Waals surface area (Å²) in [6.45, 7) is -0.987. The first kappa shape index (κ1) is 31.2. The Bertz CT molecular complexity index is 1720. The third-order valence-electron chi connectivity index (χ3n) is 7.69. The van der Waals surface area contributed by atoms with Gasteiger partial charge in [0.25, 0.3) is 0 Å². The summed E-state index contributed by atoms with van der Waals surface area (Å²) in [7, 11) is -4.53. The molecular weight excluding hydrogens is 607 g/mol. The Balaban J connectivity index is 1.43. The molecular formula is C29H27F5N6O3S. The second-order valence-corrected chi connectivity index (χ2v) is 12.5. The number of nitrogens with one attached hydrogen (secondary N) is 1. The molecule has 0 unspecified atom stereocenters. The van der Waals surface area contributed by atoms with E-state index >= 15 is 0 Å². The van der Waals surface area contributed by atoms with Crippen LogP contribution < -0.4 is 4.90 Å². The normalized spacial score (nSPS) is 14.2. The predicted molar refractivity (Wildman–Crippen MR) is 149 cm³/mol. The second-order valence-electron chi connectivity index (χ2n) is 10.5. The molecule has 0 bridgehead atoms. The number of amides is 1. The maximum atomic E-state index is 14.4. The predicted octanol–water partition coefficient (Wildman–Crippen LogP) is 5.46. The van der Waals surface area contributed by atoms with Crippen molar-refractivity contribution in [1.82, 2.24) is 24.9 Å². The van der Waals surface area contributed by atoms with Crippen molar-refractivity contribution < 1.29 is 35.2 Å². The highest BCUT2D eigenvalue weighted by Crippen LogP contribution is 2.33. The fraction of sp³-hybridized carbons (Fsp3) is 0.310. The summed E-state index contributed by atoms with van der Waals surface area (Å²) in [5.74, 6) is -12.4. The number of rotatable bonds is 9. The van der Waals surface area contributed by atoms with Crippen LogP contribution in [0.3, 0.4) is 0 Å². The molecule has 0 aliphatic heterocycles. The average molecular weight is 635 g/mol. The fourth-order valence-corrected chi connectivity index (χ4v) is 6.47. The first-order chi connectivity index (χ1) is 21.0. The molecule has 5 rings (SSSR count). The second kappa shape index (κ2) is 12.8. The molecule has 3 aromatic carbocycles. The lowest BCUT2D eigenvalue weighted by Crippen LogP contribution is -2.41. The molecule has 1 heterocycles. The Morgan fingerprint density at radius 3 is 2.02 bits per heavy atom. The van der Waals surface area contributed by atoms with Gasteiger partial charge in [0.1, 0.15) is 0 Å². The molecule has 1 aliphatic rings. The number of sulfonamides is 1. The van der Waals surface area contributed by atoms with Crippen molar-refractivity contribution in [3.8, 4) is 11.4 Å². The number of carbonyl (C=O) groups excluding carboxylic acids is 1. The Hall–Kier alpha value is -4.24. The lowest BCUT2D eigenvalue weighted by molar-refractivity contribution is -0.118. The van der Waals surface area contributed by atoms with E-state index in [9.17, 15) is 35.2 Å². The number of benzene rings is 3. The van der Waals surface area contributed by atoms with Gasteiger partial charge in [0.05, 0.1) is 13.1 Å². The van der Waals surface area contributed by atoms with Crippen molar-refractivity contribution in [2.75, 3.05) is 18.5 Å². The number of carbonyl (C=O) groups is 1. The van der Waals surface area contributed by atoms with Crippen LogP contribution in [0.2, 0.25) is 0 Å². The van der Waals surface area contributed by atoms with Gasteiger partial charge in [-0.25, -0.2) is 35.5 Å². The van der Waals surface area contributed by atoms with Crippen molar-refractivity contribution >= 4 is 21.6 Å². The highest BCUT2D eigenvalue weighted by Gasteiger charge is 2.37. The van der Waals surface area contributed by atoms with Crippen molar-refractivity contribution in [3.63, 3.8) is 0 Å². The molecule has 44 heavy (non-hydrogen) atoms. The minimum atomic E-state index is -5.34. The van der Waals surface area contributed by atoms with Crippen molar-refractivity contribution in [3.05, 3.63) is 88.7 Å². The number of halogens is 5. The molecule has 1 aliphatic carbocycles. The number of likely N-dealkylation sites (N-methyl/N-ethyl adjacent to an activating group) is 1. The van der Waals surface area contributed by atoms with Crippen LogP contribution in [0.4, 0.5) is 27.6 Å². The first-order valence-electron chi connectivity index (χ1n) is 13.7. The van der Waals surface area contributed by atoms with Crippen LogP contribution in [0, 0.1) is 29.1 Å². The standard InChI is InChI=1S/C29H27F5N6O3S/c1-39(44(42,43)28-26(33)24(31)23(30)25(32)27(28)34)16-22(41)40(21-13-11-20(12-14-21)29-35-37-38-36-29)15-17-7-9-19(10-8-17)18-5-3-2-4-6-18/h7-14,18H,2-6,15-16H2,1H3,(H,35,36,37,38). The van der Waals surface area contributed by atoms with Gasteiger partial charge in [0.15, 0.2) is 34.0 Å². The summed E-state index contributed by atoms with van der Waals surface area (Å²) >= 11 is 0. The number of aromatic nitrogens is 4. The van der Waals surface area contributed by atoms with Gasteiger partial charge in [0, 0.05) is 18.3 Å². The van der Waals surface area contributed by atoms with Crippen molar-refractivity contribution in [2.45, 2.75) is 49.5 Å². The molecule has 0 spiro atoms. The fourth-order valence-electron chi connectivity index (χ4n) is 5.25. The van der Waals surface area contributed by atoms with Crippen molar-refractivity contribution in [1.29, 1.82) is 0 Å². The Morgan fingerprint density at radius 2 is 1.45 bits per heavy atom. The monoisotopic (exact) mass is 634 g/mol. The Kier molecular flexibility index (Phi) is 9.06. The van der Waals surface area contributed by atoms with Gasteiger partial charge in [-0.15, -0.1) is 5.10 Å². The number of anilines is 1. The van der Waals surface area contributed by atoms with Crippen LogP contribution >= 0.6 is 0 Å². The van der Waals surface area contributed by atoms with Gasteiger partial charge in [0.2, 0.25) is 21.7 Å². The summed E-state index contributed by atoms with van der Waals surface area (Å²) in [4.78, 5) is 12.8. The van der Waals surface area contributed by atoms with Crippen molar-refractivity contribution in [2.24, 2.45) is 0 Å². The number of hydrogen-bond donors (Lipinski definition) is 1. The number of nitrogens with zero attached hydrogens (tertiary/aromatic N) is 5. The van der Waals surface area contributed by atoms with Gasteiger partial charge in [-0.1, -0.05) is 43.5 Å². The zero-order valence-corrected chi connectivity index (χ0v) is 24.2. The van der Waals surface area contributed by atoms with E-state index < -0.39 is 56.5 Å². The zero-order valence-electron chi connectivity index (χ0n) is 23.4. The zero-order chi connectivity index (χ0) is 31.6. The topological polar surface area (TPSA) is 112 Å². The van der Waals surface area contributed by atoms with E-state index in [1.807, 2.05) is 24.3 Å². The lowest BCUT2D eigenvalue weighted by atomic mass is 9.84. The van der Waals surface area contributed by atoms with Crippen LogP contribution in [0.25, 0.3) is 11.4 Å². The van der Waals surface area contributed by atoms with E-state index in [1.165, 1.54) is 16.9 Å². The van der Waals surface area contributed by atoms with E-state index in [1.54, 1.807) is 24.3 Å². The number of hydrogen-bond acceptors (Lipinski definition) is 6. The molecule has 4 aromatic rings. The van der Waals surface area contributed by atoms with Crippen LogP contribution in [0.5, 0.6) is 0 Å².